The Hall–Kier alpha value is -1.03. The molecule has 1 unspecified atom stereocenters. The number of halogens is 3. The molecule has 0 fully saturated rings. The number of hydrogen-bond donors (Lipinski definition) is 1. The number of aliphatic hydroxyl groups is 1. The zero-order valence-electron chi connectivity index (χ0n) is 10.4. The van der Waals surface area contributed by atoms with Crippen molar-refractivity contribution in [3.63, 3.8) is 0 Å². The van der Waals surface area contributed by atoms with Crippen molar-refractivity contribution < 1.29 is 18.3 Å². The van der Waals surface area contributed by atoms with E-state index in [1.165, 1.54) is 12.1 Å². The summed E-state index contributed by atoms with van der Waals surface area (Å²) in [5, 5.41) is 9.49. The maximum atomic E-state index is 12.6. The molecule has 0 spiro atoms. The Kier molecular flexibility index (Phi) is 3.32. The van der Waals surface area contributed by atoms with Crippen LogP contribution in [0.2, 0.25) is 0 Å². The van der Waals surface area contributed by atoms with Crippen molar-refractivity contribution in [1.82, 2.24) is 0 Å². The highest BCUT2D eigenvalue weighted by Crippen LogP contribution is 2.38. The molecule has 1 atom stereocenters. The summed E-state index contributed by atoms with van der Waals surface area (Å²) < 4.78 is 37.8. The molecule has 0 heterocycles. The second kappa shape index (κ2) is 4.02. The van der Waals surface area contributed by atoms with Crippen LogP contribution < -0.4 is 0 Å². The van der Waals surface area contributed by atoms with Gasteiger partial charge in [-0.1, -0.05) is 45.0 Å². The summed E-state index contributed by atoms with van der Waals surface area (Å²) in [5.41, 5.74) is -2.14. The van der Waals surface area contributed by atoms with Gasteiger partial charge < -0.3 is 5.11 Å². The average Bonchev–Trinajstić information content (AvgIpc) is 2.15. The highest BCUT2D eigenvalue weighted by atomic mass is 19.4. The van der Waals surface area contributed by atoms with Gasteiger partial charge >= 0.3 is 6.18 Å². The third-order valence-electron chi connectivity index (χ3n) is 2.87. The van der Waals surface area contributed by atoms with Gasteiger partial charge in [-0.15, -0.1) is 0 Å². The van der Waals surface area contributed by atoms with Crippen LogP contribution in [0.15, 0.2) is 24.3 Å². The maximum Gasteiger partial charge on any atom is 0.421 e. The maximum absolute atomic E-state index is 12.6. The van der Waals surface area contributed by atoms with Crippen molar-refractivity contribution in [2.75, 3.05) is 0 Å². The van der Waals surface area contributed by atoms with E-state index in [0.29, 0.717) is 0 Å². The summed E-state index contributed by atoms with van der Waals surface area (Å²) in [6.45, 7) is 6.69. The number of benzene rings is 1. The van der Waals surface area contributed by atoms with Crippen LogP contribution in [-0.4, -0.2) is 11.3 Å². The SMILES string of the molecule is CC(C)(C)c1ccc(C(C)(O)C(F)(F)F)cc1. The van der Waals surface area contributed by atoms with E-state index >= 15 is 0 Å². The van der Waals surface area contributed by atoms with Gasteiger partial charge in [0.15, 0.2) is 5.60 Å². The minimum atomic E-state index is -4.67. The molecule has 0 radical (unpaired) electrons. The van der Waals surface area contributed by atoms with Crippen LogP contribution in [0.5, 0.6) is 0 Å². The molecular weight excluding hydrogens is 229 g/mol. The minimum absolute atomic E-state index is 0.122. The van der Waals surface area contributed by atoms with E-state index in [-0.39, 0.29) is 11.0 Å². The van der Waals surface area contributed by atoms with Gasteiger partial charge in [0.05, 0.1) is 0 Å². The van der Waals surface area contributed by atoms with Crippen LogP contribution in [0, 0.1) is 0 Å². The van der Waals surface area contributed by atoms with Crippen molar-refractivity contribution in [3.8, 4) is 0 Å². The highest BCUT2D eigenvalue weighted by molar-refractivity contribution is 5.31. The molecular formula is C13H17F3O. The minimum Gasteiger partial charge on any atom is -0.376 e. The van der Waals surface area contributed by atoms with Crippen LogP contribution in [0.3, 0.4) is 0 Å². The predicted octanol–water partition coefficient (Wildman–Crippen LogP) is 3.75. The summed E-state index contributed by atoms with van der Waals surface area (Å²) >= 11 is 0. The van der Waals surface area contributed by atoms with Crippen molar-refractivity contribution in [2.24, 2.45) is 0 Å². The van der Waals surface area contributed by atoms with Crippen LogP contribution >= 0.6 is 0 Å². The van der Waals surface area contributed by atoms with Gasteiger partial charge in [-0.05, 0) is 23.5 Å². The Balaban J connectivity index is 3.12. The molecule has 0 aliphatic rings. The first-order valence-corrected chi connectivity index (χ1v) is 5.36. The summed E-state index contributed by atoms with van der Waals surface area (Å²) in [7, 11) is 0. The third kappa shape index (κ3) is 2.80. The number of alkyl halides is 3. The first-order valence-electron chi connectivity index (χ1n) is 5.36. The van der Waals surface area contributed by atoms with Crippen LogP contribution in [0.1, 0.15) is 38.8 Å². The monoisotopic (exact) mass is 246 g/mol. The van der Waals surface area contributed by atoms with Crippen molar-refractivity contribution in [1.29, 1.82) is 0 Å². The molecule has 0 amide bonds. The van der Waals surface area contributed by atoms with Gasteiger partial charge in [-0.25, -0.2) is 0 Å². The Bertz CT molecular complexity index is 383. The van der Waals surface area contributed by atoms with Crippen molar-refractivity contribution in [3.05, 3.63) is 35.4 Å². The smallest absolute Gasteiger partial charge is 0.376 e. The standard InChI is InChI=1S/C13H17F3O/c1-11(2,3)9-5-7-10(8-6-9)12(4,17)13(14,15)16/h5-8,17H,1-4H3. The zero-order chi connectivity index (χ0) is 13.5. The Morgan fingerprint density at radius 1 is 0.824 bits per heavy atom. The van der Waals surface area contributed by atoms with Crippen molar-refractivity contribution >= 4 is 0 Å². The van der Waals surface area contributed by atoms with Gasteiger partial charge in [0.1, 0.15) is 0 Å². The largest absolute Gasteiger partial charge is 0.421 e. The van der Waals surface area contributed by atoms with Crippen molar-refractivity contribution in [2.45, 2.75) is 44.9 Å². The molecule has 1 aromatic carbocycles. The first-order chi connectivity index (χ1) is 7.46. The third-order valence-corrected chi connectivity index (χ3v) is 2.87. The fourth-order valence-electron chi connectivity index (χ4n) is 1.46. The molecule has 1 rings (SSSR count). The summed E-state index contributed by atoms with van der Waals surface area (Å²) in [6.07, 6.45) is -4.67. The molecule has 0 saturated carbocycles. The summed E-state index contributed by atoms with van der Waals surface area (Å²) in [4.78, 5) is 0. The summed E-state index contributed by atoms with van der Waals surface area (Å²) in [6, 6.07) is 5.90. The number of rotatable bonds is 1. The molecule has 1 nitrogen and oxygen atoms in total. The Labute approximate surface area is 99.3 Å². The fourth-order valence-corrected chi connectivity index (χ4v) is 1.46. The molecule has 96 valence electrons. The second-order valence-electron chi connectivity index (χ2n) is 5.40. The molecule has 17 heavy (non-hydrogen) atoms. The lowest BCUT2D eigenvalue weighted by atomic mass is 9.85. The van der Waals surface area contributed by atoms with E-state index in [2.05, 4.69) is 0 Å². The molecule has 4 heteroatoms. The lowest BCUT2D eigenvalue weighted by molar-refractivity contribution is -0.258. The average molecular weight is 246 g/mol. The quantitative estimate of drug-likeness (QED) is 0.800. The number of hydrogen-bond acceptors (Lipinski definition) is 1. The van der Waals surface area contributed by atoms with Gasteiger partial charge in [0, 0.05) is 0 Å². The van der Waals surface area contributed by atoms with Crippen LogP contribution in [0.25, 0.3) is 0 Å². The molecule has 0 aromatic heterocycles. The first kappa shape index (κ1) is 14.0. The van der Waals surface area contributed by atoms with Crippen LogP contribution in [-0.2, 0) is 11.0 Å². The lowest BCUT2D eigenvalue weighted by Gasteiger charge is -2.27. The van der Waals surface area contributed by atoms with Gasteiger partial charge in [0.25, 0.3) is 0 Å². The summed E-state index contributed by atoms with van der Waals surface area (Å²) in [5.74, 6) is 0. The molecule has 0 bridgehead atoms. The van der Waals surface area contributed by atoms with E-state index in [1.54, 1.807) is 12.1 Å². The van der Waals surface area contributed by atoms with E-state index in [4.69, 9.17) is 0 Å². The molecule has 1 aromatic rings. The Morgan fingerprint density at radius 2 is 1.18 bits per heavy atom. The predicted molar refractivity (Wildman–Crippen MR) is 60.8 cm³/mol. The van der Waals surface area contributed by atoms with Gasteiger partial charge in [-0.3, -0.25) is 0 Å². The second-order valence-corrected chi connectivity index (χ2v) is 5.40. The zero-order valence-corrected chi connectivity index (χ0v) is 10.4. The highest BCUT2D eigenvalue weighted by Gasteiger charge is 2.51. The molecule has 1 N–H and O–H groups in total. The molecule has 0 aliphatic carbocycles. The molecule has 0 aliphatic heterocycles. The van der Waals surface area contributed by atoms with E-state index < -0.39 is 11.8 Å². The van der Waals surface area contributed by atoms with Crippen LogP contribution in [0.4, 0.5) is 13.2 Å². The van der Waals surface area contributed by atoms with Gasteiger partial charge in [-0.2, -0.15) is 13.2 Å². The van der Waals surface area contributed by atoms with E-state index in [9.17, 15) is 18.3 Å². The lowest BCUT2D eigenvalue weighted by Crippen LogP contribution is -2.39. The topological polar surface area (TPSA) is 20.2 Å². The van der Waals surface area contributed by atoms with E-state index in [1.807, 2.05) is 20.8 Å². The molecule has 0 saturated heterocycles. The van der Waals surface area contributed by atoms with Gasteiger partial charge in [0.2, 0.25) is 0 Å². The normalized spacial score (nSPS) is 16.7. The van der Waals surface area contributed by atoms with E-state index in [0.717, 1.165) is 12.5 Å². The fraction of sp³-hybridized carbons (Fsp3) is 0.538. The Morgan fingerprint density at radius 3 is 1.47 bits per heavy atom.